The Bertz CT molecular complexity index is 590. The maximum Gasteiger partial charge on any atom is 0.220 e. The number of hydrogen-bond donors (Lipinski definition) is 2. The van der Waals surface area contributed by atoms with Crippen molar-refractivity contribution >= 4 is 5.91 Å². The number of hydrogen-bond acceptors (Lipinski definition) is 4. The number of aromatic hydroxyl groups is 1. The zero-order valence-electron chi connectivity index (χ0n) is 22.0. The molecule has 196 valence electrons. The molecule has 0 saturated heterocycles. The van der Waals surface area contributed by atoms with Gasteiger partial charge in [0.2, 0.25) is 5.91 Å². The second-order valence-corrected chi connectivity index (χ2v) is 9.51. The van der Waals surface area contributed by atoms with E-state index in [9.17, 15) is 9.90 Å². The molecule has 1 amide bonds. The fourth-order valence-corrected chi connectivity index (χ4v) is 4.02. The number of phenols is 1. The lowest BCUT2D eigenvalue weighted by Crippen LogP contribution is -2.28. The molecular formula is C29H51NO4. The van der Waals surface area contributed by atoms with Crippen LogP contribution in [0.25, 0.3) is 0 Å². The molecule has 0 radical (unpaired) electrons. The first-order valence-electron chi connectivity index (χ1n) is 13.9. The summed E-state index contributed by atoms with van der Waals surface area (Å²) in [7, 11) is 0. The van der Waals surface area contributed by atoms with Crippen LogP contribution in [0.15, 0.2) is 24.3 Å². The third-order valence-electron chi connectivity index (χ3n) is 6.19. The Morgan fingerprint density at radius 2 is 1.41 bits per heavy atom. The molecule has 1 aromatic rings. The minimum absolute atomic E-state index is 0.154. The molecule has 2 N–H and O–H groups in total. The molecule has 0 saturated carbocycles. The minimum Gasteiger partial charge on any atom is -0.508 e. The Kier molecular flexibility index (Phi) is 19.4. The summed E-state index contributed by atoms with van der Waals surface area (Å²) >= 11 is 0. The van der Waals surface area contributed by atoms with Crippen LogP contribution < -0.4 is 10.1 Å². The molecule has 0 aliphatic heterocycles. The van der Waals surface area contributed by atoms with Crippen LogP contribution in [0, 0.1) is 0 Å². The lowest BCUT2D eigenvalue weighted by atomic mass is 10.1. The lowest BCUT2D eigenvalue weighted by Gasteiger charge is -2.13. The fourth-order valence-electron chi connectivity index (χ4n) is 4.02. The predicted octanol–water partition coefficient (Wildman–Crippen LogP) is 7.55. The van der Waals surface area contributed by atoms with E-state index in [2.05, 4.69) is 19.2 Å². The summed E-state index contributed by atoms with van der Waals surface area (Å²) in [6.45, 7) is 6.35. The number of carbonyl (C=O) groups excluding carboxylic acids is 1. The van der Waals surface area contributed by atoms with Gasteiger partial charge in [0.05, 0.1) is 19.3 Å². The van der Waals surface area contributed by atoms with E-state index in [4.69, 9.17) is 9.47 Å². The summed E-state index contributed by atoms with van der Waals surface area (Å²) in [5.74, 6) is 1.23. The molecule has 1 aromatic carbocycles. The van der Waals surface area contributed by atoms with E-state index in [1.54, 1.807) is 24.3 Å². The average molecular weight is 478 g/mol. The van der Waals surface area contributed by atoms with Gasteiger partial charge in [-0.15, -0.1) is 0 Å². The zero-order chi connectivity index (χ0) is 24.7. The number of amides is 1. The first kappa shape index (κ1) is 30.3. The van der Waals surface area contributed by atoms with E-state index in [0.717, 1.165) is 38.0 Å². The second-order valence-electron chi connectivity index (χ2n) is 9.51. The topological polar surface area (TPSA) is 67.8 Å². The van der Waals surface area contributed by atoms with Gasteiger partial charge in [0.15, 0.2) is 0 Å². The number of ether oxygens (including phenoxy) is 2. The van der Waals surface area contributed by atoms with Gasteiger partial charge in [-0.05, 0) is 50.5 Å². The van der Waals surface area contributed by atoms with E-state index >= 15 is 0 Å². The number of rotatable bonds is 23. The summed E-state index contributed by atoms with van der Waals surface area (Å²) in [5, 5.41) is 12.2. The molecule has 0 fully saturated rings. The molecule has 0 aromatic heterocycles. The van der Waals surface area contributed by atoms with E-state index < -0.39 is 0 Å². The monoisotopic (exact) mass is 477 g/mol. The van der Waals surface area contributed by atoms with Gasteiger partial charge < -0.3 is 19.9 Å². The first-order valence-corrected chi connectivity index (χ1v) is 13.9. The van der Waals surface area contributed by atoms with Crippen LogP contribution in [0.1, 0.15) is 117 Å². The van der Waals surface area contributed by atoms with Crippen molar-refractivity contribution in [2.24, 2.45) is 0 Å². The number of carbonyl (C=O) groups is 1. The maximum atomic E-state index is 11.9. The van der Waals surface area contributed by atoms with Gasteiger partial charge in [-0.25, -0.2) is 0 Å². The lowest BCUT2D eigenvalue weighted by molar-refractivity contribution is -0.121. The Balaban J connectivity index is 1.80. The molecule has 34 heavy (non-hydrogen) atoms. The standard InChI is InChI=1S/C29H51NO4/c1-3-4-5-6-11-14-17-26(2)33-25-23-30-29(32)18-15-12-9-7-8-10-13-16-24-34-28-21-19-27(31)20-22-28/h19-22,26,31H,3-18,23-25H2,1-2H3,(H,30,32). The van der Waals surface area contributed by atoms with Crippen LogP contribution in [-0.4, -0.2) is 36.9 Å². The van der Waals surface area contributed by atoms with E-state index in [1.165, 1.54) is 70.6 Å². The van der Waals surface area contributed by atoms with Crippen LogP contribution in [0.5, 0.6) is 11.5 Å². The largest absolute Gasteiger partial charge is 0.508 e. The Hall–Kier alpha value is -1.75. The second kappa shape index (κ2) is 21.8. The normalized spacial score (nSPS) is 11.9. The molecule has 0 aliphatic carbocycles. The van der Waals surface area contributed by atoms with E-state index in [1.807, 2.05) is 0 Å². The first-order chi connectivity index (χ1) is 16.6. The molecule has 1 rings (SSSR count). The molecule has 5 nitrogen and oxygen atoms in total. The third kappa shape index (κ3) is 18.7. The third-order valence-corrected chi connectivity index (χ3v) is 6.19. The van der Waals surface area contributed by atoms with Crippen molar-refractivity contribution in [2.45, 2.75) is 123 Å². The van der Waals surface area contributed by atoms with Crippen molar-refractivity contribution in [1.82, 2.24) is 5.32 Å². The van der Waals surface area contributed by atoms with Crippen molar-refractivity contribution in [1.29, 1.82) is 0 Å². The quantitative estimate of drug-likeness (QED) is 0.160. The van der Waals surface area contributed by atoms with Crippen LogP contribution in [0.2, 0.25) is 0 Å². The SMILES string of the molecule is CCCCCCCCC(C)OCCNC(=O)CCCCCCCCCCOc1ccc(O)cc1. The summed E-state index contributed by atoms with van der Waals surface area (Å²) in [4.78, 5) is 11.9. The summed E-state index contributed by atoms with van der Waals surface area (Å²) in [5.41, 5.74) is 0. The molecule has 0 bridgehead atoms. The highest BCUT2D eigenvalue weighted by atomic mass is 16.5. The molecule has 0 heterocycles. The Morgan fingerprint density at radius 3 is 2.09 bits per heavy atom. The molecule has 1 unspecified atom stereocenters. The molecule has 5 heteroatoms. The summed E-state index contributed by atoms with van der Waals surface area (Å²) < 4.78 is 11.5. The number of phenolic OH excluding ortho intramolecular Hbond substituents is 1. The van der Waals surface area contributed by atoms with E-state index in [0.29, 0.717) is 19.6 Å². The van der Waals surface area contributed by atoms with Gasteiger partial charge in [-0.2, -0.15) is 0 Å². The average Bonchev–Trinajstić information content (AvgIpc) is 2.83. The summed E-state index contributed by atoms with van der Waals surface area (Å²) in [6, 6.07) is 6.88. The predicted molar refractivity (Wildman–Crippen MR) is 142 cm³/mol. The van der Waals surface area contributed by atoms with Crippen LogP contribution >= 0.6 is 0 Å². The number of nitrogens with one attached hydrogen (secondary N) is 1. The fraction of sp³-hybridized carbons (Fsp3) is 0.759. The van der Waals surface area contributed by atoms with Crippen molar-refractivity contribution in [3.8, 4) is 11.5 Å². The maximum absolute atomic E-state index is 11.9. The Labute approximate surface area is 209 Å². The van der Waals surface area contributed by atoms with Crippen molar-refractivity contribution in [3.63, 3.8) is 0 Å². The smallest absolute Gasteiger partial charge is 0.220 e. The molecule has 0 aliphatic rings. The molecule has 0 spiro atoms. The summed E-state index contributed by atoms with van der Waals surface area (Å²) in [6.07, 6.45) is 19.2. The molecular weight excluding hydrogens is 426 g/mol. The zero-order valence-corrected chi connectivity index (χ0v) is 22.0. The number of benzene rings is 1. The van der Waals surface area contributed by atoms with Gasteiger partial charge >= 0.3 is 0 Å². The highest BCUT2D eigenvalue weighted by Crippen LogP contribution is 2.16. The number of unbranched alkanes of at least 4 members (excludes halogenated alkanes) is 12. The van der Waals surface area contributed by atoms with Gasteiger partial charge in [0.25, 0.3) is 0 Å². The van der Waals surface area contributed by atoms with Crippen LogP contribution in [-0.2, 0) is 9.53 Å². The van der Waals surface area contributed by atoms with Gasteiger partial charge in [-0.3, -0.25) is 4.79 Å². The van der Waals surface area contributed by atoms with Crippen LogP contribution in [0.4, 0.5) is 0 Å². The molecule has 1 atom stereocenters. The van der Waals surface area contributed by atoms with Crippen molar-refractivity contribution < 1.29 is 19.4 Å². The van der Waals surface area contributed by atoms with Crippen molar-refractivity contribution in [3.05, 3.63) is 24.3 Å². The van der Waals surface area contributed by atoms with Gasteiger partial charge in [0, 0.05) is 13.0 Å². The highest BCUT2D eigenvalue weighted by Gasteiger charge is 2.04. The highest BCUT2D eigenvalue weighted by molar-refractivity contribution is 5.75. The Morgan fingerprint density at radius 1 is 0.824 bits per heavy atom. The van der Waals surface area contributed by atoms with Crippen molar-refractivity contribution in [2.75, 3.05) is 19.8 Å². The van der Waals surface area contributed by atoms with Gasteiger partial charge in [-0.1, -0.05) is 84.0 Å². The minimum atomic E-state index is 0.154. The van der Waals surface area contributed by atoms with Gasteiger partial charge in [0.1, 0.15) is 11.5 Å². The van der Waals surface area contributed by atoms with E-state index in [-0.39, 0.29) is 17.8 Å². The van der Waals surface area contributed by atoms with Crippen LogP contribution in [0.3, 0.4) is 0 Å².